The number of imide groups is 1. The van der Waals surface area contributed by atoms with Crippen molar-refractivity contribution in [3.05, 3.63) is 105 Å². The molecule has 6 aromatic rings. The zero-order valence-corrected chi connectivity index (χ0v) is 31.2. The number of unbranched alkanes of at least 4 members (excludes halogenated alkanes) is 1. The molecule has 1 aromatic carbocycles. The number of piperidine rings is 1. The van der Waals surface area contributed by atoms with Crippen molar-refractivity contribution in [2.75, 3.05) is 24.2 Å². The van der Waals surface area contributed by atoms with E-state index in [0.717, 1.165) is 24.8 Å². The standard InChI is InChI=1S/C39H40N12O6/c1-40-26-19-31(47-51-30(21-43-34(26)51)37(55)44-24-10-11-24)45-25-7-5-17-49(38(25)56)32-14-9-23(20-42-32)35(53)41-16-4-3-6-22-8-12-27-29(18-22)48(2)39(57)50(27)28-13-15-33(52)46-36(28)54/h5,7-9,12,14,17-21,24,28,40H,3-4,6,10-11,13,15-16H2,1-2H3,(H,41,53)(H,44,55)(H,45,47)(H,46,52,54). The number of amides is 4. The number of pyridine rings is 2. The molecule has 1 unspecified atom stereocenters. The van der Waals surface area contributed by atoms with E-state index in [1.807, 2.05) is 18.2 Å². The van der Waals surface area contributed by atoms with E-state index < -0.39 is 17.5 Å². The molecule has 8 rings (SSSR count). The van der Waals surface area contributed by atoms with Crippen LogP contribution in [0.5, 0.6) is 0 Å². The molecular weight excluding hydrogens is 733 g/mol. The molecule has 0 bridgehead atoms. The van der Waals surface area contributed by atoms with Crippen molar-refractivity contribution >= 4 is 57.5 Å². The van der Waals surface area contributed by atoms with Crippen LogP contribution in [-0.2, 0) is 23.1 Å². The van der Waals surface area contributed by atoms with Crippen LogP contribution in [0.4, 0.5) is 17.2 Å². The Balaban J connectivity index is 0.872. The normalized spacial score (nSPS) is 15.4. The number of aromatic nitrogens is 7. The Morgan fingerprint density at radius 1 is 0.912 bits per heavy atom. The third-order valence-corrected chi connectivity index (χ3v) is 10.2. The quantitative estimate of drug-likeness (QED) is 0.0847. The minimum absolute atomic E-state index is 0.163. The van der Waals surface area contributed by atoms with Crippen molar-refractivity contribution in [3.63, 3.8) is 0 Å². The van der Waals surface area contributed by atoms with Crippen molar-refractivity contribution in [1.29, 1.82) is 0 Å². The van der Waals surface area contributed by atoms with E-state index in [9.17, 15) is 28.8 Å². The van der Waals surface area contributed by atoms with E-state index in [-0.39, 0.29) is 53.7 Å². The molecule has 1 saturated carbocycles. The van der Waals surface area contributed by atoms with Crippen molar-refractivity contribution in [3.8, 4) is 5.82 Å². The van der Waals surface area contributed by atoms with Gasteiger partial charge in [0, 0.05) is 51.6 Å². The van der Waals surface area contributed by atoms with E-state index in [1.165, 1.54) is 30.6 Å². The highest BCUT2D eigenvalue weighted by Crippen LogP contribution is 2.25. The van der Waals surface area contributed by atoms with Gasteiger partial charge in [0.2, 0.25) is 11.8 Å². The second-order valence-corrected chi connectivity index (χ2v) is 14.2. The Labute approximate surface area is 324 Å². The number of aryl methyl sites for hydroxylation is 2. The summed E-state index contributed by atoms with van der Waals surface area (Å²) in [6.45, 7) is 0.432. The Bertz CT molecular complexity index is 2690. The Kier molecular flexibility index (Phi) is 9.82. The van der Waals surface area contributed by atoms with Gasteiger partial charge in [-0.25, -0.2) is 19.3 Å². The van der Waals surface area contributed by atoms with Crippen molar-refractivity contribution in [2.45, 2.75) is 57.0 Å². The van der Waals surface area contributed by atoms with Crippen LogP contribution in [0.3, 0.4) is 0 Å². The predicted octanol–water partition coefficient (Wildman–Crippen LogP) is 2.34. The minimum Gasteiger partial charge on any atom is -0.385 e. The maximum atomic E-state index is 13.6. The fourth-order valence-corrected chi connectivity index (χ4v) is 6.98. The molecule has 2 aliphatic rings. The van der Waals surface area contributed by atoms with Crippen LogP contribution in [0.2, 0.25) is 0 Å². The van der Waals surface area contributed by atoms with Crippen molar-refractivity contribution in [1.82, 2.24) is 49.2 Å². The van der Waals surface area contributed by atoms with Gasteiger partial charge in [-0.05, 0) is 80.5 Å². The Morgan fingerprint density at radius 3 is 2.51 bits per heavy atom. The first-order chi connectivity index (χ1) is 27.6. The first kappa shape index (κ1) is 36.8. The van der Waals surface area contributed by atoms with Gasteiger partial charge >= 0.3 is 5.69 Å². The summed E-state index contributed by atoms with van der Waals surface area (Å²) in [5.41, 5.74) is 3.55. The van der Waals surface area contributed by atoms with Crippen LogP contribution in [0, 0.1) is 0 Å². The highest BCUT2D eigenvalue weighted by molar-refractivity contribution is 6.00. The van der Waals surface area contributed by atoms with E-state index in [4.69, 9.17) is 0 Å². The second kappa shape index (κ2) is 15.2. The summed E-state index contributed by atoms with van der Waals surface area (Å²) in [6, 6.07) is 13.3. The summed E-state index contributed by atoms with van der Waals surface area (Å²) in [5, 5.41) is 18.9. The van der Waals surface area contributed by atoms with Gasteiger partial charge in [-0.2, -0.15) is 0 Å². The molecule has 0 radical (unpaired) electrons. The number of fused-ring (bicyclic) bond motifs is 2. The zero-order valence-electron chi connectivity index (χ0n) is 31.2. The molecule has 1 aliphatic heterocycles. The van der Waals surface area contributed by atoms with Crippen LogP contribution in [0.1, 0.15) is 71.0 Å². The van der Waals surface area contributed by atoms with E-state index >= 15 is 0 Å². The van der Waals surface area contributed by atoms with E-state index in [0.29, 0.717) is 59.0 Å². The number of carbonyl (C=O) groups is 4. The number of nitrogens with one attached hydrogen (secondary N) is 5. The van der Waals surface area contributed by atoms with Crippen molar-refractivity contribution < 1.29 is 19.2 Å². The van der Waals surface area contributed by atoms with Crippen molar-refractivity contribution in [2.24, 2.45) is 7.05 Å². The maximum Gasteiger partial charge on any atom is 0.329 e. The minimum atomic E-state index is -0.736. The molecular formula is C39H40N12O6. The molecule has 292 valence electrons. The lowest BCUT2D eigenvalue weighted by atomic mass is 10.0. The highest BCUT2D eigenvalue weighted by Gasteiger charge is 2.31. The van der Waals surface area contributed by atoms with Crippen LogP contribution < -0.4 is 37.8 Å². The van der Waals surface area contributed by atoms with Gasteiger partial charge in [0.15, 0.2) is 17.2 Å². The van der Waals surface area contributed by atoms with Gasteiger partial charge in [-0.15, -0.1) is 5.10 Å². The summed E-state index contributed by atoms with van der Waals surface area (Å²) >= 11 is 0. The Morgan fingerprint density at radius 2 is 1.75 bits per heavy atom. The second-order valence-electron chi connectivity index (χ2n) is 14.2. The summed E-state index contributed by atoms with van der Waals surface area (Å²) in [6.07, 6.45) is 8.99. The van der Waals surface area contributed by atoms with Gasteiger partial charge in [-0.1, -0.05) is 6.07 Å². The van der Waals surface area contributed by atoms with E-state index in [2.05, 4.69) is 41.7 Å². The number of imidazole rings is 2. The molecule has 1 atom stereocenters. The smallest absolute Gasteiger partial charge is 0.329 e. The van der Waals surface area contributed by atoms with Crippen LogP contribution >= 0.6 is 0 Å². The number of carbonyl (C=O) groups excluding carboxylic acids is 4. The molecule has 6 heterocycles. The zero-order chi connectivity index (χ0) is 39.8. The number of rotatable bonds is 13. The highest BCUT2D eigenvalue weighted by atomic mass is 16.2. The lowest BCUT2D eigenvalue weighted by molar-refractivity contribution is -0.135. The average Bonchev–Trinajstić information content (AvgIpc) is 3.87. The molecule has 18 heteroatoms. The average molecular weight is 773 g/mol. The fraction of sp³-hybridized carbons (Fsp3) is 0.308. The molecule has 18 nitrogen and oxygen atoms in total. The molecule has 5 N–H and O–H groups in total. The monoisotopic (exact) mass is 772 g/mol. The first-order valence-corrected chi connectivity index (χ1v) is 18.7. The number of hydrogen-bond donors (Lipinski definition) is 5. The first-order valence-electron chi connectivity index (χ1n) is 18.7. The van der Waals surface area contributed by atoms with Gasteiger partial charge in [0.1, 0.15) is 17.5 Å². The van der Waals surface area contributed by atoms with Crippen LogP contribution in [0.25, 0.3) is 22.5 Å². The lowest BCUT2D eigenvalue weighted by Crippen LogP contribution is -2.44. The molecule has 1 saturated heterocycles. The third-order valence-electron chi connectivity index (χ3n) is 10.2. The summed E-state index contributed by atoms with van der Waals surface area (Å²) in [7, 11) is 3.39. The third kappa shape index (κ3) is 7.36. The molecule has 1 aliphatic carbocycles. The molecule has 0 spiro atoms. The van der Waals surface area contributed by atoms with Gasteiger partial charge < -0.3 is 21.3 Å². The number of anilines is 3. The van der Waals surface area contributed by atoms with Gasteiger partial charge in [0.25, 0.3) is 17.4 Å². The number of hydrogen-bond acceptors (Lipinski definition) is 11. The topological polar surface area (TPSA) is 220 Å². The van der Waals surface area contributed by atoms with Crippen LogP contribution in [-0.4, -0.2) is 76.5 Å². The summed E-state index contributed by atoms with van der Waals surface area (Å²) in [4.78, 5) is 85.2. The molecule has 4 amide bonds. The predicted molar refractivity (Wildman–Crippen MR) is 210 cm³/mol. The molecule has 2 fully saturated rings. The SMILES string of the molecule is CNc1cc(Nc2cccn(-c3ccc(C(=O)NCCCCc4ccc5c(c4)n(C)c(=O)n5C4CCC(=O)NC4=O)cn3)c2=O)nn2c(C(=O)NC3CC3)cnc12. The van der Waals surface area contributed by atoms with Gasteiger partial charge in [0.05, 0.1) is 28.5 Å². The Hall–Kier alpha value is -7.11. The largest absolute Gasteiger partial charge is 0.385 e. The maximum absolute atomic E-state index is 13.6. The van der Waals surface area contributed by atoms with E-state index in [1.54, 1.807) is 50.6 Å². The lowest BCUT2D eigenvalue weighted by Gasteiger charge is -2.21. The number of nitrogens with zero attached hydrogens (tertiary/aromatic N) is 7. The molecule has 57 heavy (non-hydrogen) atoms. The molecule has 5 aromatic heterocycles. The fourth-order valence-electron chi connectivity index (χ4n) is 6.98. The van der Waals surface area contributed by atoms with Gasteiger partial charge in [-0.3, -0.25) is 43.0 Å². The summed E-state index contributed by atoms with van der Waals surface area (Å²) in [5.74, 6) is -0.745. The van der Waals surface area contributed by atoms with Crippen LogP contribution in [0.15, 0.2) is 76.7 Å². The summed E-state index contributed by atoms with van der Waals surface area (Å²) < 4.78 is 5.77. The number of benzene rings is 1.